The average Bonchev–Trinajstić information content (AvgIpc) is 2.29. The van der Waals surface area contributed by atoms with E-state index in [-0.39, 0.29) is 6.04 Å². The maximum atomic E-state index is 6.27. The third-order valence-electron chi connectivity index (χ3n) is 3.35. The molecule has 1 aliphatic rings. The standard InChI is InChI=1S/C14H21N3/c1-11-9-17-13(10-16-11)14(15)12-7-5-3-2-4-6-8-12/h7,9-10,14H,2-6,8,15H2,1H3. The lowest BCUT2D eigenvalue weighted by molar-refractivity contribution is 0.598. The van der Waals surface area contributed by atoms with Crippen LogP contribution in [-0.4, -0.2) is 9.97 Å². The quantitative estimate of drug-likeness (QED) is 0.796. The average molecular weight is 231 g/mol. The Balaban J connectivity index is 2.11. The van der Waals surface area contributed by atoms with Crippen LogP contribution >= 0.6 is 0 Å². The van der Waals surface area contributed by atoms with Crippen molar-refractivity contribution in [2.24, 2.45) is 5.73 Å². The van der Waals surface area contributed by atoms with Gasteiger partial charge in [0.15, 0.2) is 0 Å². The Hall–Kier alpha value is -1.22. The summed E-state index contributed by atoms with van der Waals surface area (Å²) in [5, 5.41) is 0. The number of rotatable bonds is 2. The number of hydrogen-bond acceptors (Lipinski definition) is 3. The van der Waals surface area contributed by atoms with Crippen LogP contribution in [-0.2, 0) is 0 Å². The summed E-state index contributed by atoms with van der Waals surface area (Å²) >= 11 is 0. The number of allylic oxidation sites excluding steroid dienone is 1. The molecule has 92 valence electrons. The highest BCUT2D eigenvalue weighted by Gasteiger charge is 2.14. The molecule has 0 aromatic carbocycles. The second kappa shape index (κ2) is 5.92. The highest BCUT2D eigenvalue weighted by molar-refractivity contribution is 5.20. The van der Waals surface area contributed by atoms with Crippen molar-refractivity contribution in [1.82, 2.24) is 9.97 Å². The highest BCUT2D eigenvalue weighted by atomic mass is 14.8. The van der Waals surface area contributed by atoms with Gasteiger partial charge in [0.25, 0.3) is 0 Å². The largest absolute Gasteiger partial charge is 0.319 e. The zero-order chi connectivity index (χ0) is 12.1. The summed E-state index contributed by atoms with van der Waals surface area (Å²) in [7, 11) is 0. The number of nitrogens with two attached hydrogens (primary N) is 1. The van der Waals surface area contributed by atoms with Crippen LogP contribution in [0.1, 0.15) is 56.0 Å². The first kappa shape index (κ1) is 12.2. The van der Waals surface area contributed by atoms with Gasteiger partial charge in [-0.3, -0.25) is 9.97 Å². The smallest absolute Gasteiger partial charge is 0.0796 e. The molecule has 0 saturated carbocycles. The first-order chi connectivity index (χ1) is 8.27. The van der Waals surface area contributed by atoms with E-state index in [4.69, 9.17) is 5.73 Å². The van der Waals surface area contributed by atoms with Crippen molar-refractivity contribution in [2.75, 3.05) is 0 Å². The van der Waals surface area contributed by atoms with Gasteiger partial charge >= 0.3 is 0 Å². The molecule has 0 saturated heterocycles. The van der Waals surface area contributed by atoms with Gasteiger partial charge in [-0.2, -0.15) is 0 Å². The van der Waals surface area contributed by atoms with Gasteiger partial charge in [0, 0.05) is 6.20 Å². The van der Waals surface area contributed by atoms with Crippen molar-refractivity contribution >= 4 is 0 Å². The molecule has 0 radical (unpaired) electrons. The van der Waals surface area contributed by atoms with Gasteiger partial charge in [-0.05, 0) is 32.6 Å². The summed E-state index contributed by atoms with van der Waals surface area (Å²) in [6.45, 7) is 1.94. The van der Waals surface area contributed by atoms with Gasteiger partial charge in [0.1, 0.15) is 0 Å². The summed E-state index contributed by atoms with van der Waals surface area (Å²) in [6, 6.07) is -0.0683. The van der Waals surface area contributed by atoms with Gasteiger partial charge in [0.05, 0.1) is 23.6 Å². The summed E-state index contributed by atoms with van der Waals surface area (Å²) in [5.74, 6) is 0. The van der Waals surface area contributed by atoms with E-state index >= 15 is 0 Å². The molecule has 1 atom stereocenters. The van der Waals surface area contributed by atoms with Gasteiger partial charge in [0.2, 0.25) is 0 Å². The molecule has 17 heavy (non-hydrogen) atoms. The first-order valence-electron chi connectivity index (χ1n) is 6.50. The summed E-state index contributed by atoms with van der Waals surface area (Å²) in [5.41, 5.74) is 9.43. The Bertz CT molecular complexity index is 381. The summed E-state index contributed by atoms with van der Waals surface area (Å²) in [4.78, 5) is 8.65. The van der Waals surface area contributed by atoms with E-state index < -0.39 is 0 Å². The molecule has 3 heteroatoms. The van der Waals surface area contributed by atoms with E-state index in [2.05, 4.69) is 16.0 Å². The van der Waals surface area contributed by atoms with Gasteiger partial charge in [-0.1, -0.05) is 24.5 Å². The van der Waals surface area contributed by atoms with Crippen molar-refractivity contribution < 1.29 is 0 Å². The van der Waals surface area contributed by atoms with Crippen LogP contribution in [0.3, 0.4) is 0 Å². The lowest BCUT2D eigenvalue weighted by atomic mass is 9.94. The molecule has 1 heterocycles. The van der Waals surface area contributed by atoms with Gasteiger partial charge < -0.3 is 5.73 Å². The number of aromatic nitrogens is 2. The lowest BCUT2D eigenvalue weighted by Crippen LogP contribution is -2.16. The number of hydrogen-bond donors (Lipinski definition) is 1. The summed E-state index contributed by atoms with van der Waals surface area (Å²) < 4.78 is 0. The van der Waals surface area contributed by atoms with Gasteiger partial charge in [-0.15, -0.1) is 0 Å². The Kier molecular flexibility index (Phi) is 4.26. The molecule has 1 aliphatic carbocycles. The molecule has 2 N–H and O–H groups in total. The number of aryl methyl sites for hydroxylation is 1. The predicted molar refractivity (Wildman–Crippen MR) is 69.5 cm³/mol. The molecule has 1 aromatic rings. The molecule has 2 rings (SSSR count). The topological polar surface area (TPSA) is 51.8 Å². The van der Waals surface area contributed by atoms with Crippen molar-refractivity contribution in [3.63, 3.8) is 0 Å². The van der Waals surface area contributed by atoms with Crippen molar-refractivity contribution in [3.05, 3.63) is 35.4 Å². The van der Waals surface area contributed by atoms with Crippen molar-refractivity contribution in [1.29, 1.82) is 0 Å². The second-order valence-electron chi connectivity index (χ2n) is 4.79. The molecule has 0 amide bonds. The zero-order valence-electron chi connectivity index (χ0n) is 10.5. The zero-order valence-corrected chi connectivity index (χ0v) is 10.5. The fraction of sp³-hybridized carbons (Fsp3) is 0.571. The van der Waals surface area contributed by atoms with E-state index in [9.17, 15) is 0 Å². The van der Waals surface area contributed by atoms with Crippen molar-refractivity contribution in [3.8, 4) is 0 Å². The minimum Gasteiger partial charge on any atom is -0.319 e. The Morgan fingerprint density at radius 2 is 1.94 bits per heavy atom. The second-order valence-corrected chi connectivity index (χ2v) is 4.79. The minimum atomic E-state index is -0.0683. The van der Waals surface area contributed by atoms with Crippen LogP contribution in [0, 0.1) is 6.92 Å². The van der Waals surface area contributed by atoms with E-state index in [1.807, 2.05) is 6.92 Å². The molecule has 1 unspecified atom stereocenters. The fourth-order valence-electron chi connectivity index (χ4n) is 2.25. The van der Waals surface area contributed by atoms with Crippen LogP contribution in [0.25, 0.3) is 0 Å². The van der Waals surface area contributed by atoms with Crippen LogP contribution in [0.15, 0.2) is 24.0 Å². The molecule has 0 fully saturated rings. The van der Waals surface area contributed by atoms with E-state index in [1.54, 1.807) is 12.4 Å². The first-order valence-corrected chi connectivity index (χ1v) is 6.50. The minimum absolute atomic E-state index is 0.0683. The van der Waals surface area contributed by atoms with E-state index in [0.29, 0.717) is 0 Å². The SMILES string of the molecule is Cc1cnc(C(N)C2=CCCCCCC2)cn1. The van der Waals surface area contributed by atoms with E-state index in [1.165, 1.54) is 31.3 Å². The molecule has 0 spiro atoms. The van der Waals surface area contributed by atoms with Crippen molar-refractivity contribution in [2.45, 2.75) is 51.5 Å². The van der Waals surface area contributed by atoms with Gasteiger partial charge in [-0.25, -0.2) is 0 Å². The van der Waals surface area contributed by atoms with Crippen LogP contribution in [0.4, 0.5) is 0 Å². The Labute approximate surface area is 103 Å². The van der Waals surface area contributed by atoms with Crippen LogP contribution in [0.5, 0.6) is 0 Å². The lowest BCUT2D eigenvalue weighted by Gasteiger charge is -2.17. The Morgan fingerprint density at radius 3 is 2.71 bits per heavy atom. The predicted octanol–water partition coefficient (Wildman–Crippen LogP) is 3.07. The number of nitrogens with zero attached hydrogens (tertiary/aromatic N) is 2. The fourth-order valence-corrected chi connectivity index (χ4v) is 2.25. The molecule has 3 nitrogen and oxygen atoms in total. The van der Waals surface area contributed by atoms with Crippen LogP contribution in [0.2, 0.25) is 0 Å². The highest BCUT2D eigenvalue weighted by Crippen LogP contribution is 2.25. The third kappa shape index (κ3) is 3.37. The maximum Gasteiger partial charge on any atom is 0.0796 e. The maximum absolute atomic E-state index is 6.27. The summed E-state index contributed by atoms with van der Waals surface area (Å²) in [6.07, 6.45) is 13.4. The molecular weight excluding hydrogens is 210 g/mol. The molecule has 0 aliphatic heterocycles. The van der Waals surface area contributed by atoms with Crippen LogP contribution < -0.4 is 5.73 Å². The Morgan fingerprint density at radius 1 is 1.12 bits per heavy atom. The normalized spacial score (nSPS) is 19.1. The molecular formula is C14H21N3. The van der Waals surface area contributed by atoms with E-state index in [0.717, 1.165) is 24.2 Å². The molecule has 1 aromatic heterocycles. The third-order valence-corrected chi connectivity index (χ3v) is 3.35. The monoisotopic (exact) mass is 231 g/mol. The molecule has 0 bridgehead atoms.